The van der Waals surface area contributed by atoms with E-state index in [9.17, 15) is 14.7 Å². The molecule has 5 N–H and O–H groups in total. The van der Waals surface area contributed by atoms with E-state index >= 15 is 0 Å². The number of aromatic hydroxyl groups is 1. The number of hydrogen-bond donors (Lipinski definition) is 5. The lowest BCUT2D eigenvalue weighted by Gasteiger charge is -2.22. The van der Waals surface area contributed by atoms with E-state index in [0.29, 0.717) is 48.8 Å². The summed E-state index contributed by atoms with van der Waals surface area (Å²) < 4.78 is 1.90. The lowest BCUT2D eigenvalue weighted by molar-refractivity contribution is -0.877. The topological polar surface area (TPSA) is 156 Å². The molecule has 2 amide bonds. The number of phenols is 1. The van der Waals surface area contributed by atoms with Crippen LogP contribution in [0.5, 0.6) is 5.75 Å². The van der Waals surface area contributed by atoms with E-state index in [4.69, 9.17) is 5.11 Å². The van der Waals surface area contributed by atoms with Crippen molar-refractivity contribution in [1.82, 2.24) is 14.7 Å². The molecule has 17 heteroatoms. The van der Waals surface area contributed by atoms with Gasteiger partial charge in [0.15, 0.2) is 5.69 Å². The molecular formula is C56H69N14O3+3. The van der Waals surface area contributed by atoms with Crippen molar-refractivity contribution in [3.63, 3.8) is 0 Å². The molecule has 2 fully saturated rings. The zero-order chi connectivity index (χ0) is 50.7. The summed E-state index contributed by atoms with van der Waals surface area (Å²) in [6.07, 6.45) is 14.3. The summed E-state index contributed by atoms with van der Waals surface area (Å²) in [7, 11) is 7.50. The van der Waals surface area contributed by atoms with Crippen LogP contribution in [-0.4, -0.2) is 129 Å². The number of azo groups is 2. The minimum atomic E-state index is -0.202. The van der Waals surface area contributed by atoms with Gasteiger partial charge < -0.3 is 40.2 Å². The van der Waals surface area contributed by atoms with E-state index in [1.165, 1.54) is 37.1 Å². The van der Waals surface area contributed by atoms with Crippen LogP contribution in [0.25, 0.3) is 0 Å². The van der Waals surface area contributed by atoms with Crippen LogP contribution in [0, 0.1) is 0 Å². The van der Waals surface area contributed by atoms with Crippen molar-refractivity contribution in [2.45, 2.75) is 44.8 Å². The van der Waals surface area contributed by atoms with Crippen LogP contribution in [0.4, 0.5) is 45.5 Å². The number of anilines is 6. The fourth-order valence-corrected chi connectivity index (χ4v) is 9.66. The maximum absolute atomic E-state index is 13.4. The fourth-order valence-electron chi connectivity index (χ4n) is 9.66. The average molecular weight is 986 g/mol. The van der Waals surface area contributed by atoms with Gasteiger partial charge in [0.2, 0.25) is 0 Å². The second-order valence-corrected chi connectivity index (χ2v) is 19.3. The molecule has 3 atom stereocenters. The number of guanidine groups is 1. The zero-order valence-electron chi connectivity index (χ0n) is 42.5. The Morgan fingerprint density at radius 2 is 1.16 bits per heavy atom. The number of nitrogens with one attached hydrogen (secondary N) is 4. The maximum atomic E-state index is 13.4. The first-order valence-corrected chi connectivity index (χ1v) is 25.6. The van der Waals surface area contributed by atoms with Crippen molar-refractivity contribution in [2.75, 3.05) is 101 Å². The van der Waals surface area contributed by atoms with E-state index in [1.807, 2.05) is 79.6 Å². The van der Waals surface area contributed by atoms with Crippen molar-refractivity contribution in [2.24, 2.45) is 20.5 Å². The standard InChI is InChI=1S/C56H66N14O3/c1-63(29-9-35-69-39-37-65(3)55(69)61-59-47-17-15-44(16-18-47)57-45-19-24-49(25-20-45)67-31-5-6-32-67)53(72)42-11-13-43(14-12-42)54(73)64(2)30-10-36-70-40-38-66(4)56(70)62-60-51-28-23-48(41-52(51)71)58-46-21-26-50(27-22-46)68-33-7-8-34-68/h11-28,37-41,55H,5-10,29-36H2,1-4H3,(H2,57,58,61,71)/p+3. The van der Waals surface area contributed by atoms with Gasteiger partial charge in [0.05, 0.1) is 32.0 Å². The van der Waals surface area contributed by atoms with Gasteiger partial charge in [0, 0.05) is 125 Å². The number of phenolic OH excluding ortho intramolecular Hbond substituents is 1. The molecule has 0 bridgehead atoms. The van der Waals surface area contributed by atoms with Crippen LogP contribution in [0.15, 0.2) is 161 Å². The molecule has 9 rings (SSSR count). The van der Waals surface area contributed by atoms with E-state index in [1.54, 1.807) is 53.2 Å². The minimum Gasteiger partial charge on any atom is -0.505 e. The first-order chi connectivity index (χ1) is 35.5. The Morgan fingerprint density at radius 1 is 0.658 bits per heavy atom. The number of amides is 2. The van der Waals surface area contributed by atoms with Crippen LogP contribution in [-0.2, 0) is 0 Å². The van der Waals surface area contributed by atoms with Crippen LogP contribution in [0.1, 0.15) is 59.2 Å². The van der Waals surface area contributed by atoms with Crippen LogP contribution in [0.2, 0.25) is 0 Å². The molecule has 73 heavy (non-hydrogen) atoms. The summed E-state index contributed by atoms with van der Waals surface area (Å²) >= 11 is 0. The molecule has 5 aromatic rings. The summed E-state index contributed by atoms with van der Waals surface area (Å²) in [5.41, 5.74) is 8.43. The van der Waals surface area contributed by atoms with E-state index in [0.717, 1.165) is 77.4 Å². The third-order valence-corrected chi connectivity index (χ3v) is 14.0. The van der Waals surface area contributed by atoms with Crippen molar-refractivity contribution in [3.05, 3.63) is 151 Å². The Hall–Kier alpha value is -7.89. The van der Waals surface area contributed by atoms with Crippen LogP contribution in [0.3, 0.4) is 0 Å². The SMILES string of the molecule is CN(CCC[NH+]1C=C[N+](C)=C1N=Nc1ccc(Nc2ccc(N3CCCC3)cc2)cc1O)C(=O)c1ccc(C(=O)N(C)CCC[NH+]2C=CN(C)C2N=Nc2ccc(Nc3ccc(N4CCCC4)cc3)cc2)cc1. The van der Waals surface area contributed by atoms with Gasteiger partial charge >= 0.3 is 5.96 Å². The highest BCUT2D eigenvalue weighted by molar-refractivity contribution is 5.97. The third kappa shape index (κ3) is 12.8. The molecular weight excluding hydrogens is 917 g/mol. The number of benzene rings is 5. The molecule has 0 saturated carbocycles. The van der Waals surface area contributed by atoms with E-state index < -0.39 is 0 Å². The lowest BCUT2D eigenvalue weighted by atomic mass is 10.1. The number of carbonyl (C=O) groups is 2. The highest BCUT2D eigenvalue weighted by Crippen LogP contribution is 2.32. The van der Waals surface area contributed by atoms with Crippen molar-refractivity contribution in [1.29, 1.82) is 0 Å². The fraction of sp³-hybridized carbons (Fsp3) is 0.339. The highest BCUT2D eigenvalue weighted by Gasteiger charge is 2.31. The molecule has 17 nitrogen and oxygen atoms in total. The van der Waals surface area contributed by atoms with Crippen LogP contribution < -0.4 is 30.2 Å². The van der Waals surface area contributed by atoms with Gasteiger partial charge in [-0.3, -0.25) is 14.5 Å². The predicted molar refractivity (Wildman–Crippen MR) is 288 cm³/mol. The Morgan fingerprint density at radius 3 is 1.71 bits per heavy atom. The first-order valence-electron chi connectivity index (χ1n) is 25.6. The van der Waals surface area contributed by atoms with Gasteiger partial charge in [-0.05, 0) is 140 Å². The van der Waals surface area contributed by atoms with Gasteiger partial charge in [0.25, 0.3) is 18.1 Å². The molecule has 0 radical (unpaired) electrons. The number of hydrogen-bond acceptors (Lipinski definition) is 12. The quantitative estimate of drug-likeness (QED) is 0.0421. The summed E-state index contributed by atoms with van der Waals surface area (Å²) in [4.78, 5) is 39.3. The summed E-state index contributed by atoms with van der Waals surface area (Å²) in [6, 6.07) is 37.1. The minimum absolute atomic E-state index is 0.0264. The van der Waals surface area contributed by atoms with E-state index in [2.05, 4.69) is 90.5 Å². The number of quaternary nitrogens is 2. The Labute approximate surface area is 428 Å². The summed E-state index contributed by atoms with van der Waals surface area (Å²) in [6.45, 7) is 7.00. The molecule has 4 aliphatic heterocycles. The molecule has 4 heterocycles. The van der Waals surface area contributed by atoms with Crippen molar-refractivity contribution >= 4 is 63.3 Å². The molecule has 3 unspecified atom stereocenters. The maximum Gasteiger partial charge on any atom is 0.524 e. The molecule has 0 spiro atoms. The number of rotatable bonds is 19. The van der Waals surface area contributed by atoms with E-state index in [-0.39, 0.29) is 23.9 Å². The lowest BCUT2D eigenvalue weighted by Crippen LogP contribution is -3.11. The summed E-state index contributed by atoms with van der Waals surface area (Å²) in [5, 5.41) is 35.9. The monoisotopic (exact) mass is 986 g/mol. The van der Waals surface area contributed by atoms with Crippen molar-refractivity contribution in [3.8, 4) is 5.75 Å². The second-order valence-electron chi connectivity index (χ2n) is 19.3. The first kappa shape index (κ1) is 50.1. The number of nitrogens with zero attached hydrogens (tertiary/aromatic N) is 10. The number of carbonyl (C=O) groups excluding carboxylic acids is 2. The zero-order valence-corrected chi connectivity index (χ0v) is 42.5. The average Bonchev–Trinajstić information content (AvgIpc) is 4.27. The normalized spacial score (nSPS) is 18.5. The predicted octanol–water partition coefficient (Wildman–Crippen LogP) is 7.52. The van der Waals surface area contributed by atoms with Gasteiger partial charge in [0.1, 0.15) is 29.5 Å². The van der Waals surface area contributed by atoms with Gasteiger partial charge in [-0.1, -0.05) is 0 Å². The Balaban J connectivity index is 0.686. The molecule has 378 valence electrons. The molecule has 0 aliphatic carbocycles. The van der Waals surface area contributed by atoms with Crippen molar-refractivity contribution < 1.29 is 29.1 Å². The Kier molecular flexibility index (Phi) is 16.2. The molecule has 0 aromatic heterocycles. The van der Waals surface area contributed by atoms with Gasteiger partial charge in [-0.15, -0.1) is 10.2 Å². The molecule has 5 aromatic carbocycles. The Bertz CT molecular complexity index is 2840. The smallest absolute Gasteiger partial charge is 0.505 e. The van der Waals surface area contributed by atoms with Gasteiger partial charge in [-0.2, -0.15) is 9.48 Å². The molecule has 2 saturated heterocycles. The van der Waals surface area contributed by atoms with Crippen LogP contribution >= 0.6 is 0 Å². The third-order valence-electron chi connectivity index (χ3n) is 14.0. The molecule has 4 aliphatic rings. The van der Waals surface area contributed by atoms with Gasteiger partial charge in [-0.25, -0.2) is 0 Å². The highest BCUT2D eigenvalue weighted by atomic mass is 16.3. The summed E-state index contributed by atoms with van der Waals surface area (Å²) in [5.74, 6) is 0.500. The largest absolute Gasteiger partial charge is 0.524 e. The second kappa shape index (κ2) is 23.6.